The van der Waals surface area contributed by atoms with Crippen LogP contribution in [-0.2, 0) is 4.79 Å². The lowest BCUT2D eigenvalue weighted by Crippen LogP contribution is -2.37. The Morgan fingerprint density at radius 1 is 0.970 bits per heavy atom. The normalized spacial score (nSPS) is 13.2. The van der Waals surface area contributed by atoms with Gasteiger partial charge in [0.1, 0.15) is 11.5 Å². The second-order valence-electron chi connectivity index (χ2n) is 8.63. The van der Waals surface area contributed by atoms with Crippen molar-refractivity contribution in [2.24, 2.45) is 5.92 Å². The molecule has 1 fully saturated rings. The average Bonchev–Trinajstić information content (AvgIpc) is 3.62. The van der Waals surface area contributed by atoms with Crippen LogP contribution in [0.15, 0.2) is 42.5 Å². The van der Waals surface area contributed by atoms with Crippen molar-refractivity contribution in [1.29, 1.82) is 0 Å². The van der Waals surface area contributed by atoms with Crippen LogP contribution in [-0.4, -0.2) is 49.1 Å². The number of ether oxygens (including phenoxy) is 2. The van der Waals surface area contributed by atoms with Crippen LogP contribution < -0.4 is 20.1 Å². The van der Waals surface area contributed by atoms with Crippen LogP contribution in [0.4, 0.5) is 11.4 Å². The van der Waals surface area contributed by atoms with Gasteiger partial charge in [-0.2, -0.15) is 0 Å². The zero-order chi connectivity index (χ0) is 23.8. The highest BCUT2D eigenvalue weighted by Gasteiger charge is 2.30. The average molecular weight is 454 g/mol. The van der Waals surface area contributed by atoms with Crippen molar-refractivity contribution in [3.63, 3.8) is 0 Å². The Kier molecular flexibility index (Phi) is 8.72. The third-order valence-corrected chi connectivity index (χ3v) is 5.25. The third kappa shape index (κ3) is 7.22. The predicted molar refractivity (Wildman–Crippen MR) is 131 cm³/mol. The molecule has 0 aliphatic heterocycles. The van der Waals surface area contributed by atoms with E-state index in [1.807, 2.05) is 32.0 Å². The Labute approximate surface area is 196 Å². The Bertz CT molecular complexity index is 942. The maximum Gasteiger partial charge on any atom is 0.255 e. The number of hydrogen-bond acceptors (Lipinski definition) is 5. The van der Waals surface area contributed by atoms with E-state index in [4.69, 9.17) is 9.47 Å². The molecule has 2 amide bonds. The van der Waals surface area contributed by atoms with E-state index >= 15 is 0 Å². The number of amides is 2. The summed E-state index contributed by atoms with van der Waals surface area (Å²) in [6.07, 6.45) is 2.29. The summed E-state index contributed by atoms with van der Waals surface area (Å²) in [6.45, 7) is 10.1. The summed E-state index contributed by atoms with van der Waals surface area (Å²) in [6, 6.07) is 12.9. The lowest BCUT2D eigenvalue weighted by molar-refractivity contribution is -0.117. The van der Waals surface area contributed by atoms with E-state index < -0.39 is 0 Å². The molecule has 1 saturated carbocycles. The number of hydrogen-bond donors (Lipinski definition) is 2. The van der Waals surface area contributed by atoms with E-state index in [1.54, 1.807) is 24.3 Å². The van der Waals surface area contributed by atoms with Gasteiger partial charge in [0.05, 0.1) is 31.1 Å². The Morgan fingerprint density at radius 2 is 1.55 bits per heavy atom. The standard InChI is InChI=1S/C26H35N3O4/c1-5-32-23-15-22(28-26(31)19-10-8-7-9-11-19)24(33-6-2)14-21(23)27-25(30)17-29(16-18(3)4)20-12-13-20/h7-11,14-15,18,20H,5-6,12-13,16-17H2,1-4H3,(H,27,30)(H,28,31). The molecule has 0 aromatic heterocycles. The predicted octanol–water partition coefficient (Wildman–Crippen LogP) is 4.80. The highest BCUT2D eigenvalue weighted by molar-refractivity contribution is 6.05. The van der Waals surface area contributed by atoms with E-state index in [-0.39, 0.29) is 11.8 Å². The Hall–Kier alpha value is -3.06. The van der Waals surface area contributed by atoms with Gasteiger partial charge >= 0.3 is 0 Å². The molecule has 0 heterocycles. The summed E-state index contributed by atoms with van der Waals surface area (Å²) in [5, 5.41) is 5.90. The number of nitrogens with one attached hydrogen (secondary N) is 2. The van der Waals surface area contributed by atoms with Crippen LogP contribution in [0.1, 0.15) is 50.9 Å². The van der Waals surface area contributed by atoms with Crippen molar-refractivity contribution in [3.8, 4) is 11.5 Å². The Morgan fingerprint density at radius 3 is 2.06 bits per heavy atom. The molecule has 7 heteroatoms. The maximum atomic E-state index is 12.9. The number of carbonyl (C=O) groups excluding carboxylic acids is 2. The molecule has 2 aromatic rings. The highest BCUT2D eigenvalue weighted by atomic mass is 16.5. The van der Waals surface area contributed by atoms with Crippen molar-refractivity contribution >= 4 is 23.2 Å². The third-order valence-electron chi connectivity index (χ3n) is 5.25. The quantitative estimate of drug-likeness (QED) is 0.483. The second-order valence-corrected chi connectivity index (χ2v) is 8.63. The van der Waals surface area contributed by atoms with Gasteiger partial charge in [0.25, 0.3) is 5.91 Å². The summed E-state index contributed by atoms with van der Waals surface area (Å²) in [7, 11) is 0. The van der Waals surface area contributed by atoms with Gasteiger partial charge in [0, 0.05) is 30.3 Å². The molecule has 0 spiro atoms. The monoisotopic (exact) mass is 453 g/mol. The minimum absolute atomic E-state index is 0.0907. The van der Waals surface area contributed by atoms with E-state index in [0.29, 0.717) is 60.2 Å². The van der Waals surface area contributed by atoms with Crippen molar-refractivity contribution in [3.05, 3.63) is 48.0 Å². The summed E-state index contributed by atoms with van der Waals surface area (Å²) >= 11 is 0. The molecule has 0 radical (unpaired) electrons. The first-order chi connectivity index (χ1) is 15.9. The molecule has 7 nitrogen and oxygen atoms in total. The molecular formula is C26H35N3O4. The summed E-state index contributed by atoms with van der Waals surface area (Å²) < 4.78 is 11.6. The minimum Gasteiger partial charge on any atom is -0.492 e. The number of benzene rings is 2. The molecular weight excluding hydrogens is 418 g/mol. The van der Waals surface area contributed by atoms with Gasteiger partial charge in [0.15, 0.2) is 0 Å². The molecule has 1 aliphatic carbocycles. The van der Waals surface area contributed by atoms with Crippen molar-refractivity contribution in [1.82, 2.24) is 4.90 Å². The van der Waals surface area contributed by atoms with Gasteiger partial charge in [-0.1, -0.05) is 32.0 Å². The molecule has 1 aliphatic rings. The van der Waals surface area contributed by atoms with E-state index in [1.165, 1.54) is 0 Å². The number of anilines is 2. The summed E-state index contributed by atoms with van der Waals surface area (Å²) in [5.74, 6) is 1.12. The number of nitrogens with zero attached hydrogens (tertiary/aromatic N) is 1. The van der Waals surface area contributed by atoms with Gasteiger partial charge in [0.2, 0.25) is 5.91 Å². The van der Waals surface area contributed by atoms with Crippen molar-refractivity contribution in [2.45, 2.75) is 46.6 Å². The fraction of sp³-hybridized carbons (Fsp3) is 0.462. The summed E-state index contributed by atoms with van der Waals surface area (Å²) in [4.78, 5) is 27.8. The molecule has 3 rings (SSSR count). The van der Waals surface area contributed by atoms with Crippen LogP contribution >= 0.6 is 0 Å². The van der Waals surface area contributed by atoms with Gasteiger partial charge in [-0.25, -0.2) is 0 Å². The first-order valence-corrected chi connectivity index (χ1v) is 11.7. The topological polar surface area (TPSA) is 79.9 Å². The van der Waals surface area contributed by atoms with Crippen molar-refractivity contribution in [2.75, 3.05) is 36.9 Å². The molecule has 0 saturated heterocycles. The lowest BCUT2D eigenvalue weighted by Gasteiger charge is -2.24. The molecule has 33 heavy (non-hydrogen) atoms. The zero-order valence-corrected chi connectivity index (χ0v) is 20.0. The van der Waals surface area contributed by atoms with Gasteiger partial charge in [-0.15, -0.1) is 0 Å². The fourth-order valence-electron chi connectivity index (χ4n) is 3.71. The van der Waals surface area contributed by atoms with E-state index in [0.717, 1.165) is 19.4 Å². The number of carbonyl (C=O) groups is 2. The smallest absolute Gasteiger partial charge is 0.255 e. The zero-order valence-electron chi connectivity index (χ0n) is 20.0. The molecule has 2 aromatic carbocycles. The van der Waals surface area contributed by atoms with E-state index in [2.05, 4.69) is 29.4 Å². The Balaban J connectivity index is 1.81. The second kappa shape index (κ2) is 11.7. The highest BCUT2D eigenvalue weighted by Crippen LogP contribution is 2.37. The van der Waals surface area contributed by atoms with Crippen molar-refractivity contribution < 1.29 is 19.1 Å². The van der Waals surface area contributed by atoms with Crippen LogP contribution in [0.2, 0.25) is 0 Å². The first-order valence-electron chi connectivity index (χ1n) is 11.7. The van der Waals surface area contributed by atoms with Crippen LogP contribution in [0.25, 0.3) is 0 Å². The molecule has 2 N–H and O–H groups in total. The molecule has 0 bridgehead atoms. The SMILES string of the molecule is CCOc1cc(NC(=O)c2ccccc2)c(OCC)cc1NC(=O)CN(CC(C)C)C1CC1. The van der Waals surface area contributed by atoms with Gasteiger partial charge in [-0.05, 0) is 44.7 Å². The fourth-order valence-corrected chi connectivity index (χ4v) is 3.71. The largest absolute Gasteiger partial charge is 0.492 e. The molecule has 178 valence electrons. The first kappa shape index (κ1) is 24.6. The van der Waals surface area contributed by atoms with Crippen LogP contribution in [0, 0.1) is 5.92 Å². The van der Waals surface area contributed by atoms with Crippen LogP contribution in [0.3, 0.4) is 0 Å². The molecule has 0 unspecified atom stereocenters. The maximum absolute atomic E-state index is 12.9. The lowest BCUT2D eigenvalue weighted by atomic mass is 10.2. The summed E-state index contributed by atoms with van der Waals surface area (Å²) in [5.41, 5.74) is 1.57. The minimum atomic E-state index is -0.246. The molecule has 0 atom stereocenters. The van der Waals surface area contributed by atoms with Gasteiger partial charge in [-0.3, -0.25) is 14.5 Å². The van der Waals surface area contributed by atoms with Crippen LogP contribution in [0.5, 0.6) is 11.5 Å². The van der Waals surface area contributed by atoms with E-state index in [9.17, 15) is 9.59 Å². The number of rotatable bonds is 12. The van der Waals surface area contributed by atoms with Gasteiger partial charge < -0.3 is 20.1 Å².